The van der Waals surface area contributed by atoms with Crippen molar-refractivity contribution in [2.75, 3.05) is 18.9 Å². The molecular formula is C14H13N3O3S. The summed E-state index contributed by atoms with van der Waals surface area (Å²) in [6, 6.07) is 8.96. The molecule has 6 nitrogen and oxygen atoms in total. The minimum atomic E-state index is -0.551. The fraction of sp³-hybridized carbons (Fsp3) is 0.214. The lowest BCUT2D eigenvalue weighted by Gasteiger charge is -2.03. The normalized spacial score (nSPS) is 10.0. The third-order valence-corrected chi connectivity index (χ3v) is 3.73. The van der Waals surface area contributed by atoms with E-state index in [1.165, 1.54) is 11.3 Å². The Labute approximate surface area is 125 Å². The van der Waals surface area contributed by atoms with Gasteiger partial charge in [0.25, 0.3) is 5.91 Å². The molecule has 0 saturated carbocycles. The maximum atomic E-state index is 11.9. The number of esters is 1. The number of hydrogen-bond donors (Lipinski definition) is 2. The van der Waals surface area contributed by atoms with Gasteiger partial charge in [0.1, 0.15) is 4.88 Å². The molecule has 0 spiro atoms. The van der Waals surface area contributed by atoms with Crippen molar-refractivity contribution in [2.45, 2.75) is 6.42 Å². The maximum absolute atomic E-state index is 11.9. The summed E-state index contributed by atoms with van der Waals surface area (Å²) < 4.78 is 5.85. The van der Waals surface area contributed by atoms with Crippen molar-refractivity contribution in [1.29, 1.82) is 5.26 Å². The summed E-state index contributed by atoms with van der Waals surface area (Å²) >= 11 is 1.28. The molecule has 3 N–H and O–H groups in total. The molecule has 0 bridgehead atoms. The van der Waals surface area contributed by atoms with Crippen LogP contribution in [0.3, 0.4) is 0 Å². The monoisotopic (exact) mass is 303 g/mol. The van der Waals surface area contributed by atoms with Gasteiger partial charge in [0.15, 0.2) is 6.61 Å². The van der Waals surface area contributed by atoms with E-state index in [2.05, 4.69) is 5.32 Å². The zero-order valence-electron chi connectivity index (χ0n) is 11.1. The number of carbonyl (C=O) groups is 2. The van der Waals surface area contributed by atoms with Crippen molar-refractivity contribution in [3.63, 3.8) is 0 Å². The van der Waals surface area contributed by atoms with E-state index in [0.717, 1.165) is 10.1 Å². The number of nitrogens with one attached hydrogen (secondary N) is 1. The smallest absolute Gasteiger partial charge is 0.348 e. The fourth-order valence-corrected chi connectivity index (χ4v) is 2.61. The molecule has 2 rings (SSSR count). The van der Waals surface area contributed by atoms with Crippen molar-refractivity contribution in [3.8, 4) is 6.07 Å². The number of amides is 1. The first kappa shape index (κ1) is 14.8. The van der Waals surface area contributed by atoms with Gasteiger partial charge in [-0.15, -0.1) is 11.3 Å². The minimum Gasteiger partial charge on any atom is -0.451 e. The highest BCUT2D eigenvalue weighted by atomic mass is 32.1. The molecule has 108 valence electrons. The van der Waals surface area contributed by atoms with E-state index in [0.29, 0.717) is 10.6 Å². The first-order valence-corrected chi connectivity index (χ1v) is 7.01. The van der Waals surface area contributed by atoms with Gasteiger partial charge in [-0.05, 0) is 29.7 Å². The van der Waals surface area contributed by atoms with Crippen LogP contribution >= 0.6 is 11.3 Å². The second kappa shape index (κ2) is 6.72. The Morgan fingerprint density at radius 3 is 2.95 bits per heavy atom. The van der Waals surface area contributed by atoms with Crippen LogP contribution in [-0.4, -0.2) is 25.0 Å². The molecule has 0 fully saturated rings. The van der Waals surface area contributed by atoms with E-state index in [1.807, 2.05) is 12.1 Å². The second-order valence-electron chi connectivity index (χ2n) is 4.24. The van der Waals surface area contributed by atoms with Crippen LogP contribution in [0.1, 0.15) is 16.1 Å². The zero-order valence-corrected chi connectivity index (χ0v) is 11.9. The third-order valence-electron chi connectivity index (χ3n) is 2.63. The van der Waals surface area contributed by atoms with Crippen LogP contribution in [-0.2, 0) is 9.53 Å². The molecule has 0 saturated heterocycles. The average molecular weight is 303 g/mol. The molecule has 0 aliphatic carbocycles. The van der Waals surface area contributed by atoms with Crippen LogP contribution in [0.2, 0.25) is 0 Å². The van der Waals surface area contributed by atoms with E-state index in [-0.39, 0.29) is 19.6 Å². The lowest BCUT2D eigenvalue weighted by molar-refractivity contribution is -0.124. The lowest BCUT2D eigenvalue weighted by Crippen LogP contribution is -2.29. The lowest BCUT2D eigenvalue weighted by atomic mass is 10.2. The van der Waals surface area contributed by atoms with Crippen molar-refractivity contribution in [2.24, 2.45) is 0 Å². The fourth-order valence-electron chi connectivity index (χ4n) is 1.67. The van der Waals surface area contributed by atoms with Crippen LogP contribution < -0.4 is 11.1 Å². The summed E-state index contributed by atoms with van der Waals surface area (Å²) in [5.74, 6) is -0.978. The number of anilines is 1. The van der Waals surface area contributed by atoms with Crippen molar-refractivity contribution < 1.29 is 14.3 Å². The molecule has 1 amide bonds. The highest BCUT2D eigenvalue weighted by Gasteiger charge is 2.13. The van der Waals surface area contributed by atoms with Crippen molar-refractivity contribution >= 4 is 39.0 Å². The van der Waals surface area contributed by atoms with E-state index in [4.69, 9.17) is 15.7 Å². The number of nitrogen functional groups attached to an aromatic ring is 1. The third kappa shape index (κ3) is 3.94. The van der Waals surface area contributed by atoms with Gasteiger partial charge in [0.05, 0.1) is 12.5 Å². The summed E-state index contributed by atoms with van der Waals surface area (Å²) in [5.41, 5.74) is 6.30. The van der Waals surface area contributed by atoms with E-state index in [9.17, 15) is 9.59 Å². The highest BCUT2D eigenvalue weighted by molar-refractivity contribution is 7.20. The first-order valence-electron chi connectivity index (χ1n) is 6.20. The summed E-state index contributed by atoms with van der Waals surface area (Å²) in [5, 5.41) is 11.7. The summed E-state index contributed by atoms with van der Waals surface area (Å²) in [4.78, 5) is 23.6. The number of nitrogens with two attached hydrogens (primary N) is 1. The van der Waals surface area contributed by atoms with Gasteiger partial charge < -0.3 is 15.8 Å². The van der Waals surface area contributed by atoms with Gasteiger partial charge in [-0.1, -0.05) is 0 Å². The molecule has 0 unspecified atom stereocenters. The van der Waals surface area contributed by atoms with Crippen molar-refractivity contribution in [3.05, 3.63) is 29.1 Å². The minimum absolute atomic E-state index is 0.220. The number of fused-ring (bicyclic) bond motifs is 1. The predicted octanol–water partition coefficient (Wildman–Crippen LogP) is 1.67. The number of hydrogen-bond acceptors (Lipinski definition) is 6. The van der Waals surface area contributed by atoms with Crippen LogP contribution in [0.5, 0.6) is 0 Å². The number of rotatable bonds is 5. The van der Waals surface area contributed by atoms with Crippen LogP contribution in [0.4, 0.5) is 5.69 Å². The Balaban J connectivity index is 1.93. The van der Waals surface area contributed by atoms with Gasteiger partial charge in [0.2, 0.25) is 0 Å². The largest absolute Gasteiger partial charge is 0.451 e. The molecule has 0 aliphatic heterocycles. The zero-order chi connectivity index (χ0) is 15.2. The Bertz CT molecular complexity index is 718. The molecule has 0 atom stereocenters. The highest BCUT2D eigenvalue weighted by Crippen LogP contribution is 2.27. The van der Waals surface area contributed by atoms with Gasteiger partial charge >= 0.3 is 5.97 Å². The molecule has 1 heterocycles. The predicted molar refractivity (Wildman–Crippen MR) is 79.8 cm³/mol. The van der Waals surface area contributed by atoms with Gasteiger partial charge in [-0.2, -0.15) is 5.26 Å². The number of ether oxygens (including phenoxy) is 1. The standard InChI is InChI=1S/C14H13N3O3S/c15-4-1-5-17-13(18)8-20-14(19)12-7-9-6-10(16)2-3-11(9)21-12/h2-3,6-7H,1,5,8,16H2,(H,17,18). The number of carbonyl (C=O) groups excluding carboxylic acids is 2. The molecule has 2 aromatic rings. The Kier molecular flexibility index (Phi) is 4.74. The van der Waals surface area contributed by atoms with E-state index in [1.54, 1.807) is 18.2 Å². The number of thiophene rings is 1. The Morgan fingerprint density at radius 1 is 1.38 bits per heavy atom. The van der Waals surface area contributed by atoms with Crippen molar-refractivity contribution in [1.82, 2.24) is 5.32 Å². The van der Waals surface area contributed by atoms with E-state index < -0.39 is 11.9 Å². The molecule has 21 heavy (non-hydrogen) atoms. The molecule has 0 radical (unpaired) electrons. The molecule has 0 aliphatic rings. The number of benzene rings is 1. The molecule has 1 aromatic heterocycles. The van der Waals surface area contributed by atoms with Crippen LogP contribution in [0, 0.1) is 11.3 Å². The van der Waals surface area contributed by atoms with Crippen LogP contribution in [0.15, 0.2) is 24.3 Å². The Hall–Kier alpha value is -2.59. The average Bonchev–Trinajstić information content (AvgIpc) is 2.88. The molecule has 7 heteroatoms. The van der Waals surface area contributed by atoms with Gasteiger partial charge in [0, 0.05) is 16.9 Å². The molecular weight excluding hydrogens is 290 g/mol. The van der Waals surface area contributed by atoms with Crippen LogP contribution in [0.25, 0.3) is 10.1 Å². The van der Waals surface area contributed by atoms with E-state index >= 15 is 0 Å². The second-order valence-corrected chi connectivity index (χ2v) is 5.33. The summed E-state index contributed by atoms with van der Waals surface area (Å²) in [6.07, 6.45) is 0.220. The number of nitrogens with zero attached hydrogens (tertiary/aromatic N) is 1. The van der Waals surface area contributed by atoms with Gasteiger partial charge in [-0.25, -0.2) is 4.79 Å². The summed E-state index contributed by atoms with van der Waals surface area (Å²) in [7, 11) is 0. The summed E-state index contributed by atoms with van der Waals surface area (Å²) in [6.45, 7) is -0.115. The molecule has 1 aromatic carbocycles. The SMILES string of the molecule is N#CCCNC(=O)COC(=O)c1cc2cc(N)ccc2s1. The first-order chi connectivity index (χ1) is 10.1. The topological polar surface area (TPSA) is 105 Å². The van der Waals surface area contributed by atoms with Gasteiger partial charge in [-0.3, -0.25) is 4.79 Å². The maximum Gasteiger partial charge on any atom is 0.348 e. The number of nitriles is 1. The quantitative estimate of drug-likeness (QED) is 0.496. The Morgan fingerprint density at radius 2 is 2.19 bits per heavy atom.